The van der Waals surface area contributed by atoms with Gasteiger partial charge in [0.25, 0.3) is 0 Å². The molecule has 0 fully saturated rings. The third kappa shape index (κ3) is 2.64. The van der Waals surface area contributed by atoms with Crippen LogP contribution in [0.25, 0.3) is 0 Å². The summed E-state index contributed by atoms with van der Waals surface area (Å²) in [5, 5.41) is 19.9. The molecule has 4 nitrogen and oxygen atoms in total. The molecule has 0 unspecified atom stereocenters. The van der Waals surface area contributed by atoms with Crippen molar-refractivity contribution in [2.45, 2.75) is 6.42 Å². The fourth-order valence-electron chi connectivity index (χ4n) is 0.872. The second-order valence-corrected chi connectivity index (χ2v) is 2.95. The monoisotopic (exact) mass is 210 g/mol. The molecule has 0 spiro atoms. The van der Waals surface area contributed by atoms with Crippen LogP contribution in [0.5, 0.6) is 5.75 Å². The third-order valence-corrected chi connectivity index (χ3v) is 1.78. The number of carbonyl (C=O) groups is 1. The van der Waals surface area contributed by atoms with Crippen LogP contribution in [0.1, 0.15) is 6.42 Å². The second-order valence-electron chi connectivity index (χ2n) is 2.55. The lowest BCUT2D eigenvalue weighted by Crippen LogP contribution is -2.10. The highest BCUT2D eigenvalue weighted by Crippen LogP contribution is 2.25. The highest BCUT2D eigenvalue weighted by molar-refractivity contribution is 6.33. The molecule has 1 amide bonds. The largest absolute Gasteiger partial charge is 0.508 e. The highest BCUT2D eigenvalue weighted by atomic mass is 35.5. The maximum atomic E-state index is 11.0. The topological polar surface area (TPSA) is 73.1 Å². The van der Waals surface area contributed by atoms with Gasteiger partial charge in [-0.3, -0.25) is 4.79 Å². The maximum absolute atomic E-state index is 11.0. The Kier molecular flexibility index (Phi) is 3.32. The summed E-state index contributed by atoms with van der Waals surface area (Å²) in [5.41, 5.74) is 0.379. The van der Waals surface area contributed by atoms with E-state index in [-0.39, 0.29) is 17.2 Å². The molecular weight excluding hydrogens is 204 g/mol. The summed E-state index contributed by atoms with van der Waals surface area (Å²) in [6.45, 7) is 0. The van der Waals surface area contributed by atoms with Crippen LogP contribution in [-0.2, 0) is 4.79 Å². The van der Waals surface area contributed by atoms with Gasteiger partial charge in [-0.15, -0.1) is 0 Å². The minimum absolute atomic E-state index is 0.0216. The molecule has 0 atom stereocenters. The number of rotatable bonds is 2. The molecule has 0 aliphatic rings. The number of amides is 1. The molecule has 1 aromatic carbocycles. The number of anilines is 1. The normalized spacial score (nSPS) is 9.14. The first-order chi connectivity index (χ1) is 6.63. The van der Waals surface area contributed by atoms with Crippen LogP contribution in [0.4, 0.5) is 5.69 Å². The number of nitriles is 1. The lowest BCUT2D eigenvalue weighted by Gasteiger charge is -2.04. The fraction of sp³-hybridized carbons (Fsp3) is 0.111. The molecule has 1 rings (SSSR count). The van der Waals surface area contributed by atoms with Crippen LogP contribution in [0.15, 0.2) is 18.2 Å². The number of benzene rings is 1. The number of nitrogens with one attached hydrogen (secondary N) is 1. The Morgan fingerprint density at radius 1 is 1.64 bits per heavy atom. The molecule has 0 radical (unpaired) electrons. The molecule has 5 heteroatoms. The highest BCUT2D eigenvalue weighted by Gasteiger charge is 2.05. The third-order valence-electron chi connectivity index (χ3n) is 1.47. The van der Waals surface area contributed by atoms with Gasteiger partial charge < -0.3 is 10.4 Å². The summed E-state index contributed by atoms with van der Waals surface area (Å²) >= 11 is 5.72. The van der Waals surface area contributed by atoms with Gasteiger partial charge in [0, 0.05) is 6.07 Å². The van der Waals surface area contributed by atoms with Gasteiger partial charge in [0.15, 0.2) is 0 Å². The van der Waals surface area contributed by atoms with Gasteiger partial charge in [0.05, 0.1) is 16.8 Å². The molecule has 1 aromatic rings. The van der Waals surface area contributed by atoms with E-state index in [1.807, 2.05) is 0 Å². The minimum atomic E-state index is -0.430. The summed E-state index contributed by atoms with van der Waals surface area (Å²) in [6.07, 6.45) is -0.225. The molecule has 0 aromatic heterocycles. The van der Waals surface area contributed by atoms with Crippen molar-refractivity contribution in [3.05, 3.63) is 23.2 Å². The van der Waals surface area contributed by atoms with Crippen LogP contribution in [0.2, 0.25) is 5.02 Å². The molecule has 2 N–H and O–H groups in total. The van der Waals surface area contributed by atoms with Crippen molar-refractivity contribution in [3.63, 3.8) is 0 Å². The lowest BCUT2D eigenvalue weighted by molar-refractivity contribution is -0.115. The van der Waals surface area contributed by atoms with E-state index in [4.69, 9.17) is 22.0 Å². The van der Waals surface area contributed by atoms with Crippen molar-refractivity contribution < 1.29 is 9.90 Å². The number of aromatic hydroxyl groups is 1. The molecule has 0 saturated heterocycles. The molecular formula is C9H7ClN2O2. The summed E-state index contributed by atoms with van der Waals surface area (Å²) in [6, 6.07) is 5.89. The molecule has 14 heavy (non-hydrogen) atoms. The predicted octanol–water partition coefficient (Wildman–Crippen LogP) is 1.90. The van der Waals surface area contributed by atoms with Crippen LogP contribution in [-0.4, -0.2) is 11.0 Å². The van der Waals surface area contributed by atoms with Crippen LogP contribution in [0.3, 0.4) is 0 Å². The standard InChI is InChI=1S/C9H7ClN2O2/c10-7-5-6(13)1-2-8(7)12-9(14)3-4-11/h1-2,5,13H,3H2,(H,12,14). The molecule has 0 saturated carbocycles. The fourth-order valence-corrected chi connectivity index (χ4v) is 1.09. The Morgan fingerprint density at radius 2 is 2.36 bits per heavy atom. The lowest BCUT2D eigenvalue weighted by atomic mass is 10.3. The Hall–Kier alpha value is -1.73. The molecule has 72 valence electrons. The first-order valence-corrected chi connectivity index (χ1v) is 4.16. The quantitative estimate of drug-likeness (QED) is 0.733. The summed E-state index contributed by atoms with van der Waals surface area (Å²) < 4.78 is 0. The Labute approximate surface area is 85.7 Å². The van der Waals surface area contributed by atoms with E-state index in [2.05, 4.69) is 5.32 Å². The number of carbonyl (C=O) groups excluding carboxylic acids is 1. The van der Waals surface area contributed by atoms with E-state index >= 15 is 0 Å². The van der Waals surface area contributed by atoms with Crippen LogP contribution in [0, 0.1) is 11.3 Å². The minimum Gasteiger partial charge on any atom is -0.508 e. The number of hydrogen-bond donors (Lipinski definition) is 2. The van der Waals surface area contributed by atoms with E-state index in [9.17, 15) is 4.79 Å². The average Bonchev–Trinajstić information content (AvgIpc) is 2.10. The summed E-state index contributed by atoms with van der Waals surface area (Å²) in [7, 11) is 0. The molecule has 0 heterocycles. The van der Waals surface area contributed by atoms with Crippen molar-refractivity contribution >= 4 is 23.2 Å². The van der Waals surface area contributed by atoms with Crippen molar-refractivity contribution in [1.82, 2.24) is 0 Å². The van der Waals surface area contributed by atoms with E-state index in [0.717, 1.165) is 0 Å². The van der Waals surface area contributed by atoms with Gasteiger partial charge in [-0.1, -0.05) is 11.6 Å². The van der Waals surface area contributed by atoms with E-state index < -0.39 is 5.91 Å². The second kappa shape index (κ2) is 4.49. The van der Waals surface area contributed by atoms with Gasteiger partial charge in [0.2, 0.25) is 5.91 Å². The Balaban J connectivity index is 2.78. The molecule has 0 aliphatic carbocycles. The van der Waals surface area contributed by atoms with E-state index in [1.54, 1.807) is 6.07 Å². The zero-order chi connectivity index (χ0) is 10.6. The number of hydrogen-bond acceptors (Lipinski definition) is 3. The number of phenolic OH excluding ortho intramolecular Hbond substituents is 1. The van der Waals surface area contributed by atoms with Crippen molar-refractivity contribution in [3.8, 4) is 11.8 Å². The number of halogens is 1. The van der Waals surface area contributed by atoms with E-state index in [1.165, 1.54) is 18.2 Å². The SMILES string of the molecule is N#CCC(=O)Nc1ccc(O)cc1Cl. The van der Waals surface area contributed by atoms with Crippen molar-refractivity contribution in [1.29, 1.82) is 5.26 Å². The maximum Gasteiger partial charge on any atom is 0.238 e. The first-order valence-electron chi connectivity index (χ1n) is 3.79. The Bertz CT molecular complexity index is 398. The molecule has 0 bridgehead atoms. The van der Waals surface area contributed by atoms with Gasteiger partial charge in [-0.05, 0) is 12.1 Å². The number of nitrogens with zero attached hydrogens (tertiary/aromatic N) is 1. The van der Waals surface area contributed by atoms with Crippen LogP contribution >= 0.6 is 11.6 Å². The number of phenols is 1. The summed E-state index contributed by atoms with van der Waals surface area (Å²) in [4.78, 5) is 11.0. The zero-order valence-corrected chi connectivity index (χ0v) is 7.88. The van der Waals surface area contributed by atoms with Gasteiger partial charge >= 0.3 is 0 Å². The van der Waals surface area contributed by atoms with Crippen molar-refractivity contribution in [2.24, 2.45) is 0 Å². The van der Waals surface area contributed by atoms with Gasteiger partial charge in [-0.2, -0.15) is 5.26 Å². The Morgan fingerprint density at radius 3 is 2.93 bits per heavy atom. The smallest absolute Gasteiger partial charge is 0.238 e. The van der Waals surface area contributed by atoms with E-state index in [0.29, 0.717) is 5.69 Å². The van der Waals surface area contributed by atoms with Gasteiger partial charge in [0.1, 0.15) is 12.2 Å². The van der Waals surface area contributed by atoms with Gasteiger partial charge in [-0.25, -0.2) is 0 Å². The first kappa shape index (κ1) is 10.4. The zero-order valence-electron chi connectivity index (χ0n) is 7.12. The van der Waals surface area contributed by atoms with Crippen molar-refractivity contribution in [2.75, 3.05) is 5.32 Å². The molecule has 0 aliphatic heterocycles. The average molecular weight is 211 g/mol. The van der Waals surface area contributed by atoms with Crippen LogP contribution < -0.4 is 5.32 Å². The predicted molar refractivity (Wildman–Crippen MR) is 52.0 cm³/mol. The summed E-state index contributed by atoms with van der Waals surface area (Å²) in [5.74, 6) is -0.409.